The molecule has 4 heteroatoms. The first-order valence-corrected chi connectivity index (χ1v) is 7.02. The predicted octanol–water partition coefficient (Wildman–Crippen LogP) is 2.30. The molecule has 0 radical (unpaired) electrons. The summed E-state index contributed by atoms with van der Waals surface area (Å²) in [6, 6.07) is 0.0450. The van der Waals surface area contributed by atoms with Crippen LogP contribution < -0.4 is 5.69 Å². The molecule has 1 aliphatic carbocycles. The highest BCUT2D eigenvalue weighted by Crippen LogP contribution is 2.43. The van der Waals surface area contributed by atoms with E-state index in [-0.39, 0.29) is 23.3 Å². The highest BCUT2D eigenvalue weighted by Gasteiger charge is 2.38. The zero-order chi connectivity index (χ0) is 14.2. The van der Waals surface area contributed by atoms with Gasteiger partial charge in [0.05, 0.1) is 6.10 Å². The van der Waals surface area contributed by atoms with E-state index in [1.807, 2.05) is 13.1 Å². The minimum atomic E-state index is -0.309. The van der Waals surface area contributed by atoms with E-state index >= 15 is 0 Å². The van der Waals surface area contributed by atoms with Crippen LogP contribution in [-0.2, 0) is 0 Å². The van der Waals surface area contributed by atoms with Gasteiger partial charge in [0.1, 0.15) is 0 Å². The van der Waals surface area contributed by atoms with Crippen LogP contribution in [0.15, 0.2) is 17.2 Å². The van der Waals surface area contributed by atoms with E-state index in [4.69, 9.17) is 0 Å². The molecule has 0 bridgehead atoms. The van der Waals surface area contributed by atoms with Crippen molar-refractivity contribution in [2.24, 2.45) is 11.3 Å². The lowest BCUT2D eigenvalue weighted by molar-refractivity contribution is 0.0282. The fourth-order valence-corrected chi connectivity index (χ4v) is 3.21. The molecule has 1 fully saturated rings. The van der Waals surface area contributed by atoms with Gasteiger partial charge in [0, 0.05) is 18.4 Å². The number of hydrogen-bond acceptors (Lipinski definition) is 3. The van der Waals surface area contributed by atoms with E-state index in [1.165, 1.54) is 0 Å². The third-order valence-corrected chi connectivity index (χ3v) is 4.20. The van der Waals surface area contributed by atoms with Gasteiger partial charge in [-0.1, -0.05) is 20.8 Å². The highest BCUT2D eigenvalue weighted by atomic mass is 16.3. The summed E-state index contributed by atoms with van der Waals surface area (Å²) in [7, 11) is 0. The average molecular weight is 264 g/mol. The summed E-state index contributed by atoms with van der Waals surface area (Å²) in [6.07, 6.45) is 5.59. The number of rotatable bonds is 1. The normalized spacial score (nSPS) is 28.4. The molecule has 106 valence electrons. The fourth-order valence-electron chi connectivity index (χ4n) is 3.21. The number of aliphatic hydroxyl groups excluding tert-OH is 1. The molecule has 1 heterocycles. The summed E-state index contributed by atoms with van der Waals surface area (Å²) in [5, 5.41) is 9.95. The first kappa shape index (κ1) is 14.3. The molecule has 4 nitrogen and oxygen atoms in total. The smallest absolute Gasteiger partial charge is 0.347 e. The zero-order valence-electron chi connectivity index (χ0n) is 12.3. The van der Waals surface area contributed by atoms with Crippen molar-refractivity contribution in [3.05, 3.63) is 28.4 Å². The Labute approximate surface area is 114 Å². The Morgan fingerprint density at radius 2 is 2.05 bits per heavy atom. The van der Waals surface area contributed by atoms with Crippen molar-refractivity contribution in [1.29, 1.82) is 0 Å². The average Bonchev–Trinajstić information content (AvgIpc) is 2.30. The van der Waals surface area contributed by atoms with Gasteiger partial charge in [0.25, 0.3) is 0 Å². The van der Waals surface area contributed by atoms with Crippen LogP contribution in [0.4, 0.5) is 0 Å². The number of aromatic nitrogens is 2. The molecule has 0 spiro atoms. The first-order valence-electron chi connectivity index (χ1n) is 7.02. The summed E-state index contributed by atoms with van der Waals surface area (Å²) >= 11 is 0. The SMILES string of the molecule is Cc1cnc(=O)n(C2CC(O)CCC2C(C)(C)C)c1. The molecule has 0 amide bonds. The van der Waals surface area contributed by atoms with E-state index in [0.717, 1.165) is 18.4 Å². The number of aryl methyl sites for hydroxylation is 1. The standard InChI is InChI=1S/C15H24N2O2/c1-10-8-16-14(19)17(9-10)13-7-11(18)5-6-12(13)15(2,3)4/h8-9,11-13,18H,5-7H2,1-4H3. The second-order valence-electron chi connectivity index (χ2n) is 6.83. The zero-order valence-corrected chi connectivity index (χ0v) is 12.3. The minimum absolute atomic E-state index is 0.0450. The van der Waals surface area contributed by atoms with Gasteiger partial charge >= 0.3 is 5.69 Å². The predicted molar refractivity (Wildman–Crippen MR) is 75.1 cm³/mol. The van der Waals surface area contributed by atoms with E-state index in [2.05, 4.69) is 25.8 Å². The van der Waals surface area contributed by atoms with Crippen LogP contribution in [0.1, 0.15) is 51.6 Å². The van der Waals surface area contributed by atoms with Crippen LogP contribution in [0.5, 0.6) is 0 Å². The van der Waals surface area contributed by atoms with Crippen molar-refractivity contribution >= 4 is 0 Å². The molecule has 0 saturated heterocycles. The molecule has 19 heavy (non-hydrogen) atoms. The van der Waals surface area contributed by atoms with Crippen LogP contribution in [0.25, 0.3) is 0 Å². The van der Waals surface area contributed by atoms with Gasteiger partial charge < -0.3 is 5.11 Å². The van der Waals surface area contributed by atoms with Crippen molar-refractivity contribution in [3.63, 3.8) is 0 Å². The Kier molecular flexibility index (Phi) is 3.81. The quantitative estimate of drug-likeness (QED) is 0.846. The van der Waals surface area contributed by atoms with Crippen LogP contribution >= 0.6 is 0 Å². The lowest BCUT2D eigenvalue weighted by Gasteiger charge is -2.42. The van der Waals surface area contributed by atoms with E-state index in [1.54, 1.807) is 10.8 Å². The summed E-state index contributed by atoms with van der Waals surface area (Å²) in [6.45, 7) is 8.55. The van der Waals surface area contributed by atoms with Gasteiger partial charge in [-0.15, -0.1) is 0 Å². The third-order valence-electron chi connectivity index (χ3n) is 4.20. The van der Waals surface area contributed by atoms with Gasteiger partial charge in [-0.25, -0.2) is 9.78 Å². The number of hydrogen-bond donors (Lipinski definition) is 1. The van der Waals surface area contributed by atoms with Crippen molar-refractivity contribution in [3.8, 4) is 0 Å². The minimum Gasteiger partial charge on any atom is -0.393 e. The molecule has 0 aromatic carbocycles. The molecule has 1 N–H and O–H groups in total. The molecule has 1 aromatic heterocycles. The van der Waals surface area contributed by atoms with Crippen molar-refractivity contribution < 1.29 is 5.11 Å². The van der Waals surface area contributed by atoms with Crippen LogP contribution in [-0.4, -0.2) is 20.8 Å². The maximum absolute atomic E-state index is 12.0. The Hall–Kier alpha value is -1.16. The second kappa shape index (κ2) is 5.08. The van der Waals surface area contributed by atoms with Crippen molar-refractivity contribution in [2.45, 2.75) is 59.1 Å². The Bertz CT molecular complexity index is 502. The molecular weight excluding hydrogens is 240 g/mol. The highest BCUT2D eigenvalue weighted by molar-refractivity contribution is 5.03. The number of aliphatic hydroxyl groups is 1. The Morgan fingerprint density at radius 1 is 1.37 bits per heavy atom. The Morgan fingerprint density at radius 3 is 2.68 bits per heavy atom. The van der Waals surface area contributed by atoms with Crippen LogP contribution in [0, 0.1) is 18.3 Å². The van der Waals surface area contributed by atoms with Crippen molar-refractivity contribution in [1.82, 2.24) is 9.55 Å². The van der Waals surface area contributed by atoms with Gasteiger partial charge in [0.15, 0.2) is 0 Å². The summed E-state index contributed by atoms with van der Waals surface area (Å²) in [4.78, 5) is 15.9. The van der Waals surface area contributed by atoms with E-state index in [0.29, 0.717) is 12.3 Å². The molecular formula is C15H24N2O2. The summed E-state index contributed by atoms with van der Waals surface area (Å²) < 4.78 is 1.73. The molecule has 3 unspecified atom stereocenters. The molecule has 1 aliphatic rings. The monoisotopic (exact) mass is 264 g/mol. The topological polar surface area (TPSA) is 55.1 Å². The molecule has 0 aliphatic heterocycles. The summed E-state index contributed by atoms with van der Waals surface area (Å²) in [5.74, 6) is 0.386. The largest absolute Gasteiger partial charge is 0.393 e. The maximum atomic E-state index is 12.0. The van der Waals surface area contributed by atoms with E-state index in [9.17, 15) is 9.90 Å². The molecule has 3 atom stereocenters. The van der Waals surface area contributed by atoms with Gasteiger partial charge in [-0.05, 0) is 43.1 Å². The van der Waals surface area contributed by atoms with Gasteiger partial charge in [0.2, 0.25) is 0 Å². The Balaban J connectivity index is 2.42. The molecule has 1 saturated carbocycles. The van der Waals surface area contributed by atoms with Crippen LogP contribution in [0.2, 0.25) is 0 Å². The third kappa shape index (κ3) is 3.06. The molecule has 2 rings (SSSR count). The second-order valence-corrected chi connectivity index (χ2v) is 6.83. The van der Waals surface area contributed by atoms with Crippen LogP contribution in [0.3, 0.4) is 0 Å². The maximum Gasteiger partial charge on any atom is 0.347 e. The van der Waals surface area contributed by atoms with Gasteiger partial charge in [-0.3, -0.25) is 4.57 Å². The van der Waals surface area contributed by atoms with Gasteiger partial charge in [-0.2, -0.15) is 0 Å². The lowest BCUT2D eigenvalue weighted by atomic mass is 9.69. The van der Waals surface area contributed by atoms with Crippen molar-refractivity contribution in [2.75, 3.05) is 0 Å². The van der Waals surface area contributed by atoms with E-state index < -0.39 is 0 Å². The number of nitrogens with zero attached hydrogens (tertiary/aromatic N) is 2. The lowest BCUT2D eigenvalue weighted by Crippen LogP contribution is -2.41. The fraction of sp³-hybridized carbons (Fsp3) is 0.733. The first-order chi connectivity index (χ1) is 8.79. The summed E-state index contributed by atoms with van der Waals surface area (Å²) in [5.41, 5.74) is 0.889. The molecule has 1 aromatic rings.